The molecule has 1 aromatic rings. The van der Waals surface area contributed by atoms with Crippen LogP contribution in [0.5, 0.6) is 0 Å². The van der Waals surface area contributed by atoms with Gasteiger partial charge in [0.15, 0.2) is 5.96 Å². The van der Waals surface area contributed by atoms with E-state index in [0.29, 0.717) is 24.6 Å². The molecule has 2 rings (SSSR count). The molecule has 0 spiro atoms. The number of carbonyl (C=O) groups is 2. The van der Waals surface area contributed by atoms with Gasteiger partial charge >= 0.3 is 6.03 Å². The number of rotatable bonds is 6. The summed E-state index contributed by atoms with van der Waals surface area (Å²) in [5.74, 6) is -0.0423. The van der Waals surface area contributed by atoms with Crippen LogP contribution < -0.4 is 16.0 Å². The second-order valence-corrected chi connectivity index (χ2v) is 4.92. The van der Waals surface area contributed by atoms with Crippen molar-refractivity contribution in [3.63, 3.8) is 0 Å². The van der Waals surface area contributed by atoms with E-state index in [9.17, 15) is 14.0 Å². The van der Waals surface area contributed by atoms with Gasteiger partial charge in [-0.2, -0.15) is 0 Å². The van der Waals surface area contributed by atoms with Crippen molar-refractivity contribution >= 4 is 17.9 Å². The fourth-order valence-corrected chi connectivity index (χ4v) is 2.10. The SMILES string of the molecule is CCNC(=NCc1ccccc1F)NCCN1C(=O)CNC1=O. The van der Waals surface area contributed by atoms with Gasteiger partial charge in [0.05, 0.1) is 13.1 Å². The van der Waals surface area contributed by atoms with Crippen LogP contribution in [-0.2, 0) is 11.3 Å². The Hall–Kier alpha value is -2.64. The highest BCUT2D eigenvalue weighted by Crippen LogP contribution is 2.07. The Morgan fingerprint density at radius 3 is 2.78 bits per heavy atom. The molecule has 1 aliphatic heterocycles. The van der Waals surface area contributed by atoms with Gasteiger partial charge in [-0.3, -0.25) is 9.69 Å². The number of benzene rings is 1. The van der Waals surface area contributed by atoms with Crippen LogP contribution in [0.1, 0.15) is 12.5 Å². The van der Waals surface area contributed by atoms with Crippen LogP contribution in [0.2, 0.25) is 0 Å². The summed E-state index contributed by atoms with van der Waals surface area (Å²) in [7, 11) is 0. The van der Waals surface area contributed by atoms with E-state index in [1.54, 1.807) is 18.2 Å². The molecule has 0 unspecified atom stereocenters. The molecule has 1 saturated heterocycles. The minimum absolute atomic E-state index is 0.0419. The highest BCUT2D eigenvalue weighted by atomic mass is 19.1. The van der Waals surface area contributed by atoms with Crippen LogP contribution >= 0.6 is 0 Å². The fourth-order valence-electron chi connectivity index (χ4n) is 2.10. The summed E-state index contributed by atoms with van der Waals surface area (Å²) in [6.07, 6.45) is 0. The number of guanidine groups is 1. The Labute approximate surface area is 134 Å². The number of imide groups is 1. The molecular weight excluding hydrogens is 301 g/mol. The zero-order valence-electron chi connectivity index (χ0n) is 12.9. The largest absolute Gasteiger partial charge is 0.357 e. The summed E-state index contributed by atoms with van der Waals surface area (Å²) in [4.78, 5) is 28.3. The summed E-state index contributed by atoms with van der Waals surface area (Å²) in [6.45, 7) is 3.41. The van der Waals surface area contributed by atoms with Crippen LogP contribution in [0.25, 0.3) is 0 Å². The van der Waals surface area contributed by atoms with Crippen LogP contribution in [0, 0.1) is 5.82 Å². The van der Waals surface area contributed by atoms with E-state index in [1.807, 2.05) is 6.92 Å². The van der Waals surface area contributed by atoms with Crippen molar-refractivity contribution in [2.24, 2.45) is 4.99 Å². The summed E-state index contributed by atoms with van der Waals surface area (Å²) in [6, 6.07) is 6.07. The molecule has 1 aromatic carbocycles. The average Bonchev–Trinajstić information content (AvgIpc) is 2.85. The highest BCUT2D eigenvalue weighted by Gasteiger charge is 2.27. The minimum atomic E-state index is -0.384. The van der Waals surface area contributed by atoms with Crippen molar-refractivity contribution in [2.75, 3.05) is 26.2 Å². The number of halogens is 1. The van der Waals surface area contributed by atoms with Crippen molar-refractivity contribution < 1.29 is 14.0 Å². The molecule has 0 radical (unpaired) electrons. The molecule has 0 saturated carbocycles. The monoisotopic (exact) mass is 321 g/mol. The number of hydrogen-bond donors (Lipinski definition) is 3. The highest BCUT2D eigenvalue weighted by molar-refractivity contribution is 6.01. The van der Waals surface area contributed by atoms with Gasteiger partial charge in [0.2, 0.25) is 5.91 Å². The van der Waals surface area contributed by atoms with Crippen molar-refractivity contribution in [3.8, 4) is 0 Å². The lowest BCUT2D eigenvalue weighted by atomic mass is 10.2. The first-order valence-electron chi connectivity index (χ1n) is 7.45. The number of amides is 3. The van der Waals surface area contributed by atoms with E-state index in [1.165, 1.54) is 6.07 Å². The molecule has 0 bridgehead atoms. The number of hydrogen-bond acceptors (Lipinski definition) is 3. The molecule has 1 heterocycles. The van der Waals surface area contributed by atoms with E-state index >= 15 is 0 Å². The lowest BCUT2D eigenvalue weighted by Gasteiger charge is -2.15. The molecule has 0 aliphatic carbocycles. The molecular formula is C15H20FN5O2. The standard InChI is InChI=1S/C15H20FN5O2/c1-2-17-14(19-9-11-5-3-4-6-12(11)16)18-7-8-21-13(22)10-20-15(21)23/h3-6H,2,7-10H2,1H3,(H,20,23)(H2,17,18,19). The molecule has 8 heteroatoms. The molecule has 23 heavy (non-hydrogen) atoms. The molecule has 7 nitrogen and oxygen atoms in total. The first kappa shape index (κ1) is 16.7. The quantitative estimate of drug-likeness (QED) is 0.403. The van der Waals surface area contributed by atoms with Gasteiger partial charge in [-0.1, -0.05) is 18.2 Å². The Morgan fingerprint density at radius 1 is 1.35 bits per heavy atom. The Bertz CT molecular complexity index is 589. The molecule has 3 N–H and O–H groups in total. The van der Waals surface area contributed by atoms with Crippen molar-refractivity contribution in [3.05, 3.63) is 35.6 Å². The van der Waals surface area contributed by atoms with Crippen LogP contribution in [0.3, 0.4) is 0 Å². The number of nitrogens with zero attached hydrogens (tertiary/aromatic N) is 2. The Kier molecular flexibility index (Phi) is 5.90. The van der Waals surface area contributed by atoms with Gasteiger partial charge in [-0.05, 0) is 13.0 Å². The predicted octanol–water partition coefficient (Wildman–Crippen LogP) is 0.433. The fraction of sp³-hybridized carbons (Fsp3) is 0.400. The van der Waals surface area contributed by atoms with E-state index in [2.05, 4.69) is 20.9 Å². The first-order valence-corrected chi connectivity index (χ1v) is 7.45. The maximum Gasteiger partial charge on any atom is 0.324 e. The topological polar surface area (TPSA) is 85.8 Å². The van der Waals surface area contributed by atoms with E-state index in [-0.39, 0.29) is 37.4 Å². The normalized spacial score (nSPS) is 14.9. The molecule has 0 aromatic heterocycles. The summed E-state index contributed by atoms with van der Waals surface area (Å²) in [5.41, 5.74) is 0.499. The third kappa shape index (κ3) is 4.67. The number of nitrogens with one attached hydrogen (secondary N) is 3. The van der Waals surface area contributed by atoms with Gasteiger partial charge in [-0.25, -0.2) is 14.2 Å². The van der Waals surface area contributed by atoms with Gasteiger partial charge in [0, 0.05) is 25.2 Å². The summed E-state index contributed by atoms with van der Waals surface area (Å²) >= 11 is 0. The van der Waals surface area contributed by atoms with Crippen LogP contribution in [0.15, 0.2) is 29.3 Å². The van der Waals surface area contributed by atoms with E-state index < -0.39 is 0 Å². The second-order valence-electron chi connectivity index (χ2n) is 4.92. The Balaban J connectivity index is 1.88. The van der Waals surface area contributed by atoms with Gasteiger partial charge in [-0.15, -0.1) is 0 Å². The van der Waals surface area contributed by atoms with Crippen molar-refractivity contribution in [1.29, 1.82) is 0 Å². The zero-order valence-corrected chi connectivity index (χ0v) is 12.9. The van der Waals surface area contributed by atoms with Crippen LogP contribution in [-0.4, -0.2) is 49.0 Å². The van der Waals surface area contributed by atoms with E-state index in [4.69, 9.17) is 0 Å². The van der Waals surface area contributed by atoms with Crippen molar-refractivity contribution in [1.82, 2.24) is 20.9 Å². The Morgan fingerprint density at radius 2 is 2.13 bits per heavy atom. The average molecular weight is 321 g/mol. The third-order valence-electron chi connectivity index (χ3n) is 3.27. The molecule has 3 amide bonds. The maximum atomic E-state index is 13.6. The summed E-state index contributed by atoms with van der Waals surface area (Å²) < 4.78 is 13.6. The second kappa shape index (κ2) is 8.11. The molecule has 1 aliphatic rings. The van der Waals surface area contributed by atoms with E-state index in [0.717, 1.165) is 4.90 Å². The minimum Gasteiger partial charge on any atom is -0.357 e. The van der Waals surface area contributed by atoms with Crippen molar-refractivity contribution in [2.45, 2.75) is 13.5 Å². The molecule has 1 fully saturated rings. The lowest BCUT2D eigenvalue weighted by molar-refractivity contribution is -0.124. The van der Waals surface area contributed by atoms with Gasteiger partial charge in [0.1, 0.15) is 5.82 Å². The summed E-state index contributed by atoms with van der Waals surface area (Å²) in [5, 5.41) is 8.51. The first-order chi connectivity index (χ1) is 11.1. The zero-order chi connectivity index (χ0) is 16.7. The van der Waals surface area contributed by atoms with Crippen LogP contribution in [0.4, 0.5) is 9.18 Å². The lowest BCUT2D eigenvalue weighted by Crippen LogP contribution is -2.43. The molecule has 0 atom stereocenters. The van der Waals surface area contributed by atoms with Gasteiger partial charge < -0.3 is 16.0 Å². The predicted molar refractivity (Wildman–Crippen MR) is 84.3 cm³/mol. The third-order valence-corrected chi connectivity index (χ3v) is 3.27. The number of aliphatic imine (C=N–C) groups is 1. The smallest absolute Gasteiger partial charge is 0.324 e. The number of carbonyl (C=O) groups excluding carboxylic acids is 2. The van der Waals surface area contributed by atoms with Gasteiger partial charge in [0.25, 0.3) is 0 Å². The molecule has 124 valence electrons. The number of urea groups is 1. The maximum absolute atomic E-state index is 13.6.